The van der Waals surface area contributed by atoms with Gasteiger partial charge in [-0.25, -0.2) is 0 Å². The summed E-state index contributed by atoms with van der Waals surface area (Å²) in [5, 5.41) is 17.7. The van der Waals surface area contributed by atoms with Crippen molar-refractivity contribution in [2.24, 2.45) is 0 Å². The van der Waals surface area contributed by atoms with Gasteiger partial charge in [0.05, 0.1) is 17.8 Å². The highest BCUT2D eigenvalue weighted by Crippen LogP contribution is 2.28. The number of hydrogen-bond acceptors (Lipinski definition) is 5. The third-order valence-electron chi connectivity index (χ3n) is 5.68. The van der Waals surface area contributed by atoms with Gasteiger partial charge in [-0.05, 0) is 72.6 Å². The van der Waals surface area contributed by atoms with Crippen LogP contribution in [0.25, 0.3) is 27.5 Å². The van der Waals surface area contributed by atoms with E-state index in [-0.39, 0.29) is 11.0 Å². The monoisotopic (exact) mass is 535 g/mol. The van der Waals surface area contributed by atoms with Gasteiger partial charge in [0, 0.05) is 21.7 Å². The predicted octanol–water partition coefficient (Wildman–Crippen LogP) is 6.32. The molecule has 1 heterocycles. The smallest absolute Gasteiger partial charge is 0.258 e. The number of benzene rings is 4. The number of halogens is 2. The minimum Gasteiger partial charge on any atom is -0.495 e. The Morgan fingerprint density at radius 1 is 0.944 bits per heavy atom. The molecule has 2 N–H and O–H groups in total. The maximum Gasteiger partial charge on any atom is 0.258 e. The largest absolute Gasteiger partial charge is 0.495 e. The van der Waals surface area contributed by atoms with Gasteiger partial charge in [-0.3, -0.25) is 10.1 Å². The first-order chi connectivity index (χ1) is 17.3. The van der Waals surface area contributed by atoms with Crippen LogP contribution in [0.2, 0.25) is 10.0 Å². The molecule has 0 saturated heterocycles. The molecule has 180 valence electrons. The Balaban J connectivity index is 1.37. The van der Waals surface area contributed by atoms with Gasteiger partial charge in [-0.1, -0.05) is 47.5 Å². The second kappa shape index (κ2) is 9.73. The molecule has 5 rings (SSSR count). The van der Waals surface area contributed by atoms with Gasteiger partial charge < -0.3 is 10.1 Å². The molecule has 1 amide bonds. The van der Waals surface area contributed by atoms with Crippen LogP contribution in [-0.2, 0) is 0 Å². The third kappa shape index (κ3) is 4.58. The summed E-state index contributed by atoms with van der Waals surface area (Å²) in [4.78, 5) is 14.5. The van der Waals surface area contributed by atoms with Crippen LogP contribution in [0, 0.1) is 6.92 Å². The zero-order valence-corrected chi connectivity index (χ0v) is 21.5. The normalized spacial score (nSPS) is 11.0. The topological polar surface area (TPSA) is 81.1 Å². The molecule has 0 spiro atoms. The Kier molecular flexibility index (Phi) is 6.49. The van der Waals surface area contributed by atoms with Gasteiger partial charge in [-0.15, -0.1) is 10.2 Å². The summed E-state index contributed by atoms with van der Waals surface area (Å²) in [6.07, 6.45) is 0. The Bertz CT molecular complexity index is 1670. The Morgan fingerprint density at radius 3 is 2.42 bits per heavy atom. The van der Waals surface area contributed by atoms with E-state index in [9.17, 15) is 4.79 Å². The van der Waals surface area contributed by atoms with Crippen LogP contribution in [0.3, 0.4) is 0 Å². The van der Waals surface area contributed by atoms with E-state index in [1.165, 1.54) is 4.80 Å². The molecule has 0 aliphatic carbocycles. The number of aromatic nitrogens is 3. The lowest BCUT2D eigenvalue weighted by Crippen LogP contribution is -2.34. The molecule has 0 saturated carbocycles. The first-order valence-corrected chi connectivity index (χ1v) is 12.0. The highest BCUT2D eigenvalue weighted by molar-refractivity contribution is 7.80. The lowest BCUT2D eigenvalue weighted by atomic mass is 10.0. The number of thiocarbonyl (C=S) groups is 1. The van der Waals surface area contributed by atoms with Crippen LogP contribution < -0.4 is 15.4 Å². The fraction of sp³-hybridized carbons (Fsp3) is 0.0769. The summed E-state index contributed by atoms with van der Waals surface area (Å²) in [7, 11) is 1.56. The Morgan fingerprint density at radius 2 is 1.67 bits per heavy atom. The van der Waals surface area contributed by atoms with Crippen molar-refractivity contribution in [3.63, 3.8) is 0 Å². The van der Waals surface area contributed by atoms with E-state index in [0.717, 1.165) is 16.3 Å². The summed E-state index contributed by atoms with van der Waals surface area (Å²) in [6, 6.07) is 19.9. The Labute approximate surface area is 222 Å². The number of aryl methyl sites for hydroxylation is 1. The predicted molar refractivity (Wildman–Crippen MR) is 148 cm³/mol. The van der Waals surface area contributed by atoms with Crippen molar-refractivity contribution in [1.29, 1.82) is 0 Å². The molecular weight excluding hydrogens is 517 g/mol. The van der Waals surface area contributed by atoms with Crippen molar-refractivity contribution in [2.75, 3.05) is 12.4 Å². The van der Waals surface area contributed by atoms with Crippen molar-refractivity contribution in [3.05, 3.63) is 87.9 Å². The van der Waals surface area contributed by atoms with Crippen LogP contribution in [0.1, 0.15) is 15.9 Å². The SMILES string of the molecule is COc1ccc(-n2nc3cc(C)c(NC(=S)NC(=O)c4cccc5c(Cl)cccc45)cc3n2)cc1Cl. The van der Waals surface area contributed by atoms with Gasteiger partial charge in [0.15, 0.2) is 5.11 Å². The average molecular weight is 536 g/mol. The second-order valence-corrected chi connectivity index (χ2v) is 9.24. The minimum absolute atomic E-state index is 0.163. The molecule has 10 heteroatoms. The van der Waals surface area contributed by atoms with E-state index in [2.05, 4.69) is 20.8 Å². The van der Waals surface area contributed by atoms with Crippen LogP contribution in [0.4, 0.5) is 5.69 Å². The first-order valence-electron chi connectivity index (χ1n) is 10.9. The van der Waals surface area contributed by atoms with E-state index in [4.69, 9.17) is 40.2 Å². The van der Waals surface area contributed by atoms with Gasteiger partial charge in [0.1, 0.15) is 16.8 Å². The van der Waals surface area contributed by atoms with Gasteiger partial charge in [-0.2, -0.15) is 4.80 Å². The molecule has 5 aromatic rings. The summed E-state index contributed by atoms with van der Waals surface area (Å²) in [5.74, 6) is 0.239. The van der Waals surface area contributed by atoms with E-state index in [1.54, 1.807) is 37.4 Å². The quantitative estimate of drug-likeness (QED) is 0.262. The maximum atomic E-state index is 13.0. The highest BCUT2D eigenvalue weighted by atomic mass is 35.5. The second-order valence-electron chi connectivity index (χ2n) is 8.01. The van der Waals surface area contributed by atoms with Crippen LogP contribution >= 0.6 is 35.4 Å². The van der Waals surface area contributed by atoms with Crippen molar-refractivity contribution in [2.45, 2.75) is 6.92 Å². The lowest BCUT2D eigenvalue weighted by Gasteiger charge is -2.13. The first kappa shape index (κ1) is 24.0. The molecule has 0 fully saturated rings. The summed E-state index contributed by atoms with van der Waals surface area (Å²) in [6.45, 7) is 1.92. The van der Waals surface area contributed by atoms with E-state index in [0.29, 0.717) is 43.8 Å². The minimum atomic E-state index is -0.332. The molecule has 0 atom stereocenters. The number of carbonyl (C=O) groups is 1. The molecule has 0 radical (unpaired) electrons. The van der Waals surface area contributed by atoms with Crippen LogP contribution in [0.15, 0.2) is 66.7 Å². The van der Waals surface area contributed by atoms with Crippen LogP contribution in [-0.4, -0.2) is 33.1 Å². The molecule has 0 aliphatic heterocycles. The maximum absolute atomic E-state index is 13.0. The molecular formula is C26H19Cl2N5O2S. The third-order valence-corrected chi connectivity index (χ3v) is 6.51. The number of fused-ring (bicyclic) bond motifs is 2. The molecule has 36 heavy (non-hydrogen) atoms. The molecule has 4 aromatic carbocycles. The molecule has 0 bridgehead atoms. The Hall–Kier alpha value is -3.72. The van der Waals surface area contributed by atoms with Gasteiger partial charge >= 0.3 is 0 Å². The van der Waals surface area contributed by atoms with Crippen molar-refractivity contribution >= 4 is 73.9 Å². The van der Waals surface area contributed by atoms with E-state index >= 15 is 0 Å². The molecule has 0 unspecified atom stereocenters. The molecule has 1 aromatic heterocycles. The summed E-state index contributed by atoms with van der Waals surface area (Å²) in [5.41, 5.74) is 4.11. The van der Waals surface area contributed by atoms with Crippen molar-refractivity contribution in [1.82, 2.24) is 20.3 Å². The number of nitrogens with one attached hydrogen (secondary N) is 2. The van der Waals surface area contributed by atoms with E-state index < -0.39 is 0 Å². The van der Waals surface area contributed by atoms with Crippen molar-refractivity contribution < 1.29 is 9.53 Å². The fourth-order valence-corrected chi connectivity index (χ4v) is 4.58. The number of amides is 1. The average Bonchev–Trinajstić information content (AvgIpc) is 3.26. The van der Waals surface area contributed by atoms with Crippen LogP contribution in [0.5, 0.6) is 5.75 Å². The zero-order valence-electron chi connectivity index (χ0n) is 19.2. The van der Waals surface area contributed by atoms with Gasteiger partial charge in [0.2, 0.25) is 0 Å². The number of ether oxygens (including phenoxy) is 1. The highest BCUT2D eigenvalue weighted by Gasteiger charge is 2.15. The fourth-order valence-electron chi connectivity index (χ4n) is 3.89. The number of nitrogens with zero attached hydrogens (tertiary/aromatic N) is 3. The number of anilines is 1. The number of carbonyl (C=O) groups excluding carboxylic acids is 1. The summed E-state index contributed by atoms with van der Waals surface area (Å²) >= 11 is 18.0. The van der Waals surface area contributed by atoms with Crippen molar-refractivity contribution in [3.8, 4) is 11.4 Å². The summed E-state index contributed by atoms with van der Waals surface area (Å²) < 4.78 is 5.21. The number of rotatable bonds is 4. The standard InChI is InChI=1S/C26H19Cl2N5O2S/c1-14-11-22-23(32-33(31-22)15-9-10-24(35-2)20(28)12-15)13-21(14)29-26(36)30-25(34)18-7-3-6-17-16(18)5-4-8-19(17)27/h3-13H,1-2H3,(H2,29,30,34,36). The molecule has 7 nitrogen and oxygen atoms in total. The van der Waals surface area contributed by atoms with E-state index in [1.807, 2.05) is 43.3 Å². The van der Waals surface area contributed by atoms with Gasteiger partial charge in [0.25, 0.3) is 5.91 Å². The molecule has 0 aliphatic rings. The number of hydrogen-bond donors (Lipinski definition) is 2. The number of methoxy groups -OCH3 is 1. The lowest BCUT2D eigenvalue weighted by molar-refractivity contribution is 0.0979. The zero-order chi connectivity index (χ0) is 25.4.